The minimum absolute atomic E-state index is 0. The Kier molecular flexibility index (Phi) is 5.54. The maximum absolute atomic E-state index is 12.2. The summed E-state index contributed by atoms with van der Waals surface area (Å²) in [7, 11) is 3.14. The fourth-order valence-electron chi connectivity index (χ4n) is 2.54. The van der Waals surface area contributed by atoms with E-state index in [1.54, 1.807) is 33.5 Å². The van der Waals surface area contributed by atoms with Gasteiger partial charge >= 0.3 is 11.9 Å². The van der Waals surface area contributed by atoms with Crippen LogP contribution < -0.4 is 4.57 Å². The number of carbonyl (C=O) groups excluding carboxylic acids is 2. The third-order valence-electron chi connectivity index (χ3n) is 3.71. The van der Waals surface area contributed by atoms with Crippen LogP contribution in [0.2, 0.25) is 0 Å². The predicted octanol–water partition coefficient (Wildman–Crippen LogP) is 2.70. The maximum Gasteiger partial charge on any atom is 0.354 e. The highest BCUT2D eigenvalue weighted by atomic mass is 16.5. The van der Waals surface area contributed by atoms with Crippen LogP contribution >= 0.6 is 0 Å². The lowest BCUT2D eigenvalue weighted by Crippen LogP contribution is -2.28. The molecule has 0 aliphatic heterocycles. The van der Waals surface area contributed by atoms with Crippen molar-refractivity contribution in [2.45, 2.75) is 14.2 Å². The number of benzene rings is 1. The van der Waals surface area contributed by atoms with Crippen molar-refractivity contribution < 1.29 is 23.6 Å². The molecule has 6 nitrogen and oxygen atoms in total. The van der Waals surface area contributed by atoms with Crippen LogP contribution in [-0.4, -0.2) is 23.6 Å². The molecule has 0 aliphatic carbocycles. The molecule has 3 rings (SSSR count). The molecule has 3 aromatic rings. The Balaban J connectivity index is 0.00000225. The average Bonchev–Trinajstić information content (AvgIpc) is 2.97. The maximum atomic E-state index is 12.2. The number of fused-ring (bicyclic) bond motifs is 1. The van der Waals surface area contributed by atoms with Crippen LogP contribution in [-0.2, 0) is 23.3 Å². The molecule has 0 amide bonds. The number of rotatable bonds is 4. The Bertz CT molecular complexity index is 915. The molecule has 0 radical (unpaired) electrons. The molecule has 0 spiro atoms. The molecular formula is C19H21N2O4+. The van der Waals surface area contributed by atoms with Gasteiger partial charge in [-0.05, 0) is 18.2 Å². The highest BCUT2D eigenvalue weighted by molar-refractivity contribution is 5.95. The van der Waals surface area contributed by atoms with E-state index < -0.39 is 11.9 Å². The van der Waals surface area contributed by atoms with Gasteiger partial charge in [0.15, 0.2) is 19.1 Å². The van der Waals surface area contributed by atoms with Crippen molar-refractivity contribution >= 4 is 22.8 Å². The number of hydrogen-bond acceptors (Lipinski definition) is 4. The number of nitrogens with zero attached hydrogens (tertiary/aromatic N) is 2. The van der Waals surface area contributed by atoms with Crippen LogP contribution in [0, 0.1) is 0 Å². The Labute approximate surface area is 146 Å². The molecule has 0 bridgehead atoms. The van der Waals surface area contributed by atoms with Crippen LogP contribution in [0.15, 0.2) is 54.9 Å². The lowest BCUT2D eigenvalue weighted by Gasteiger charge is -2.10. The van der Waals surface area contributed by atoms with Crippen molar-refractivity contribution in [3.8, 4) is 0 Å². The molecule has 0 saturated heterocycles. The van der Waals surface area contributed by atoms with E-state index >= 15 is 0 Å². The first-order valence-electron chi connectivity index (χ1n) is 7.39. The van der Waals surface area contributed by atoms with Crippen LogP contribution in [0.3, 0.4) is 0 Å². The Morgan fingerprint density at radius 2 is 1.88 bits per heavy atom. The molecule has 2 heterocycles. The summed E-state index contributed by atoms with van der Waals surface area (Å²) in [5.74, 6) is -0.937. The number of methoxy groups -OCH3 is 1. The zero-order valence-electron chi connectivity index (χ0n) is 13.4. The number of ether oxygens (including phenoxy) is 2. The van der Waals surface area contributed by atoms with E-state index in [2.05, 4.69) is 0 Å². The molecule has 0 N–H and O–H groups in total. The first-order valence-corrected chi connectivity index (χ1v) is 7.39. The van der Waals surface area contributed by atoms with Gasteiger partial charge in [-0.15, -0.1) is 0 Å². The molecule has 0 saturated carbocycles. The predicted molar refractivity (Wildman–Crippen MR) is 93.0 cm³/mol. The quantitative estimate of drug-likeness (QED) is 0.541. The smallest absolute Gasteiger partial charge is 0.354 e. The second-order valence-corrected chi connectivity index (χ2v) is 5.33. The molecule has 2 aromatic heterocycles. The molecule has 0 fully saturated rings. The minimum Gasteiger partial charge on any atom is -0.464 e. The number of pyridine rings is 1. The van der Waals surface area contributed by atoms with E-state index in [9.17, 15) is 9.59 Å². The first-order chi connectivity index (χ1) is 11.6. The Morgan fingerprint density at radius 3 is 2.60 bits per heavy atom. The second-order valence-electron chi connectivity index (χ2n) is 5.33. The van der Waals surface area contributed by atoms with Crippen molar-refractivity contribution in [1.82, 2.24) is 4.57 Å². The van der Waals surface area contributed by atoms with E-state index in [1.165, 1.54) is 7.11 Å². The van der Waals surface area contributed by atoms with Gasteiger partial charge in [0.05, 0.1) is 12.6 Å². The van der Waals surface area contributed by atoms with Crippen LogP contribution in [0.25, 0.3) is 10.9 Å². The standard InChI is InChI=1S/C18H17N2O4.CH4/c1-19-9-5-7-14(11-19)17(21)24-12-20-15-8-4-3-6-13(15)10-16(20)18(22)23-2;/h3-11H,12H2,1-2H3;1H4/q+1;. The second kappa shape index (κ2) is 7.61. The van der Waals surface area contributed by atoms with E-state index in [0.717, 1.165) is 10.9 Å². The van der Waals surface area contributed by atoms with Gasteiger partial charge in [0, 0.05) is 11.5 Å². The molecule has 1 aromatic carbocycles. The third-order valence-corrected chi connectivity index (χ3v) is 3.71. The Hall–Kier alpha value is -3.15. The van der Waals surface area contributed by atoms with Gasteiger partial charge < -0.3 is 14.0 Å². The van der Waals surface area contributed by atoms with E-state index in [1.807, 2.05) is 37.5 Å². The van der Waals surface area contributed by atoms with E-state index in [-0.39, 0.29) is 14.2 Å². The number of aromatic nitrogens is 2. The highest BCUT2D eigenvalue weighted by Gasteiger charge is 2.18. The van der Waals surface area contributed by atoms with Crippen LogP contribution in [0.5, 0.6) is 0 Å². The molecule has 0 atom stereocenters. The summed E-state index contributed by atoms with van der Waals surface area (Å²) in [6.45, 7) is -0.0740. The summed E-state index contributed by atoms with van der Waals surface area (Å²) in [6.07, 6.45) is 3.50. The Morgan fingerprint density at radius 1 is 1.12 bits per heavy atom. The van der Waals surface area contributed by atoms with Gasteiger partial charge in [-0.1, -0.05) is 25.6 Å². The molecule has 0 unspecified atom stereocenters. The van der Waals surface area contributed by atoms with Crippen LogP contribution in [0.4, 0.5) is 0 Å². The zero-order chi connectivity index (χ0) is 17.1. The van der Waals surface area contributed by atoms with Gasteiger partial charge in [0.25, 0.3) is 0 Å². The highest BCUT2D eigenvalue weighted by Crippen LogP contribution is 2.20. The van der Waals surface area contributed by atoms with Crippen LogP contribution in [0.1, 0.15) is 28.3 Å². The summed E-state index contributed by atoms with van der Waals surface area (Å²) in [5.41, 5.74) is 1.57. The lowest BCUT2D eigenvalue weighted by molar-refractivity contribution is -0.671. The topological polar surface area (TPSA) is 61.4 Å². The zero-order valence-corrected chi connectivity index (χ0v) is 13.4. The number of aryl methyl sites for hydroxylation is 1. The number of para-hydroxylation sites is 1. The van der Waals surface area contributed by atoms with E-state index in [4.69, 9.17) is 9.47 Å². The molecule has 0 aliphatic rings. The fourth-order valence-corrected chi connectivity index (χ4v) is 2.54. The molecule has 25 heavy (non-hydrogen) atoms. The van der Waals surface area contributed by atoms with Crippen molar-refractivity contribution in [2.24, 2.45) is 7.05 Å². The van der Waals surface area contributed by atoms with Crippen molar-refractivity contribution in [2.75, 3.05) is 7.11 Å². The van der Waals surface area contributed by atoms with Gasteiger partial charge in [-0.3, -0.25) is 0 Å². The summed E-state index contributed by atoms with van der Waals surface area (Å²) < 4.78 is 13.6. The SMILES string of the molecule is C.COC(=O)c1cc2ccccc2n1COC(=O)c1ccc[n+](C)c1. The summed E-state index contributed by atoms with van der Waals surface area (Å²) >= 11 is 0. The third kappa shape index (κ3) is 3.68. The molecule has 130 valence electrons. The monoisotopic (exact) mass is 341 g/mol. The summed E-state index contributed by atoms with van der Waals surface area (Å²) in [5, 5.41) is 0.875. The van der Waals surface area contributed by atoms with Crippen molar-refractivity contribution in [3.63, 3.8) is 0 Å². The minimum atomic E-state index is -0.478. The van der Waals surface area contributed by atoms with Gasteiger partial charge in [0.2, 0.25) is 0 Å². The van der Waals surface area contributed by atoms with Crippen molar-refractivity contribution in [1.29, 1.82) is 0 Å². The number of carbonyl (C=O) groups is 2. The van der Waals surface area contributed by atoms with Crippen molar-refractivity contribution in [3.05, 3.63) is 66.1 Å². The molecule has 6 heteroatoms. The first kappa shape index (κ1) is 18.2. The normalized spacial score (nSPS) is 10.2. The molecular weight excluding hydrogens is 320 g/mol. The number of esters is 2. The lowest BCUT2D eigenvalue weighted by atomic mass is 10.2. The van der Waals surface area contributed by atoms with E-state index in [0.29, 0.717) is 11.3 Å². The average molecular weight is 341 g/mol. The largest absolute Gasteiger partial charge is 0.464 e. The summed E-state index contributed by atoms with van der Waals surface area (Å²) in [4.78, 5) is 24.2. The fraction of sp³-hybridized carbons (Fsp3) is 0.211. The van der Waals surface area contributed by atoms with Gasteiger partial charge in [-0.25, -0.2) is 14.2 Å². The number of hydrogen-bond donors (Lipinski definition) is 0. The summed E-state index contributed by atoms with van der Waals surface area (Å²) in [6, 6.07) is 12.6. The van der Waals surface area contributed by atoms with Gasteiger partial charge in [-0.2, -0.15) is 0 Å². The van der Waals surface area contributed by atoms with Gasteiger partial charge in [0.1, 0.15) is 18.3 Å².